The molecule has 1 aromatic heterocycles. The fourth-order valence-electron chi connectivity index (χ4n) is 2.65. The van der Waals surface area contributed by atoms with Gasteiger partial charge in [0, 0.05) is 0 Å². The van der Waals surface area contributed by atoms with Crippen LogP contribution in [0.1, 0.15) is 27.2 Å². The van der Waals surface area contributed by atoms with Gasteiger partial charge in [0.15, 0.2) is 0 Å². The third-order valence-electron chi connectivity index (χ3n) is 4.32. The Bertz CT molecular complexity index is 1180. The smallest absolute Gasteiger partial charge is 0.338 e. The van der Waals surface area contributed by atoms with Crippen LogP contribution in [-0.2, 0) is 21.3 Å². The number of carbonyl (C=O) groups is 1. The predicted molar refractivity (Wildman–Crippen MR) is 111 cm³/mol. The van der Waals surface area contributed by atoms with Crippen molar-refractivity contribution in [2.24, 2.45) is 0 Å². The van der Waals surface area contributed by atoms with Crippen LogP contribution in [0, 0.1) is 18.3 Å². The van der Waals surface area contributed by atoms with Crippen LogP contribution in [0.4, 0.5) is 0 Å². The van der Waals surface area contributed by atoms with Crippen LogP contribution in [0.15, 0.2) is 70.2 Å². The van der Waals surface area contributed by atoms with Gasteiger partial charge in [-0.05, 0) is 61.0 Å². The van der Waals surface area contributed by atoms with E-state index in [0.29, 0.717) is 22.6 Å². The molecular weight excluding hydrogens is 420 g/mol. The number of rotatable bonds is 9. The highest BCUT2D eigenvalue weighted by Crippen LogP contribution is 2.17. The van der Waals surface area contributed by atoms with E-state index in [0.717, 1.165) is 0 Å². The van der Waals surface area contributed by atoms with Crippen molar-refractivity contribution in [2.45, 2.75) is 18.4 Å². The number of aryl methyl sites for hydroxylation is 1. The van der Waals surface area contributed by atoms with Gasteiger partial charge in [-0.1, -0.05) is 6.07 Å². The highest BCUT2D eigenvalue weighted by atomic mass is 32.2. The molecule has 1 heterocycles. The summed E-state index contributed by atoms with van der Waals surface area (Å²) in [4.78, 5) is 12.4. The summed E-state index contributed by atoms with van der Waals surface area (Å²) < 4.78 is 43.3. The van der Waals surface area contributed by atoms with Gasteiger partial charge in [-0.3, -0.25) is 0 Å². The van der Waals surface area contributed by atoms with Crippen LogP contribution < -0.4 is 9.46 Å². The molecule has 0 saturated heterocycles. The van der Waals surface area contributed by atoms with Crippen LogP contribution in [0.3, 0.4) is 0 Å². The summed E-state index contributed by atoms with van der Waals surface area (Å²) in [5.41, 5.74) is 1.25. The maximum atomic E-state index is 12.5. The van der Waals surface area contributed by atoms with E-state index in [4.69, 9.17) is 19.2 Å². The highest BCUT2D eigenvalue weighted by molar-refractivity contribution is 7.89. The van der Waals surface area contributed by atoms with Crippen LogP contribution in [0.2, 0.25) is 0 Å². The molecule has 0 fully saturated rings. The number of furan rings is 1. The van der Waals surface area contributed by atoms with Gasteiger partial charge in [-0.15, -0.1) is 0 Å². The van der Waals surface area contributed by atoms with Crippen LogP contribution >= 0.6 is 0 Å². The van der Waals surface area contributed by atoms with Crippen molar-refractivity contribution in [1.82, 2.24) is 4.72 Å². The number of carbonyl (C=O) groups excluding carboxylic acids is 1. The Morgan fingerprint density at radius 2 is 1.90 bits per heavy atom. The normalized spacial score (nSPS) is 11.0. The molecule has 0 amide bonds. The van der Waals surface area contributed by atoms with E-state index < -0.39 is 16.0 Å². The fourth-order valence-corrected chi connectivity index (χ4v) is 3.67. The van der Waals surface area contributed by atoms with Gasteiger partial charge in [0.2, 0.25) is 10.0 Å². The maximum Gasteiger partial charge on any atom is 0.338 e. The molecule has 0 radical (unpaired) electrons. The number of esters is 1. The van der Waals surface area contributed by atoms with Gasteiger partial charge < -0.3 is 13.9 Å². The Morgan fingerprint density at radius 3 is 2.58 bits per heavy atom. The van der Waals surface area contributed by atoms with E-state index in [2.05, 4.69) is 4.72 Å². The second-order valence-electron chi connectivity index (χ2n) is 6.50. The molecule has 0 aliphatic rings. The number of nitriles is 1. The summed E-state index contributed by atoms with van der Waals surface area (Å²) in [6, 6.07) is 16.1. The Hall–Kier alpha value is -3.61. The highest BCUT2D eigenvalue weighted by Gasteiger charge is 2.19. The van der Waals surface area contributed by atoms with Crippen molar-refractivity contribution >= 4 is 16.0 Å². The average molecular weight is 440 g/mol. The van der Waals surface area contributed by atoms with Crippen molar-refractivity contribution in [3.63, 3.8) is 0 Å². The van der Waals surface area contributed by atoms with Gasteiger partial charge in [0.1, 0.15) is 24.7 Å². The first-order chi connectivity index (χ1) is 14.9. The molecule has 3 rings (SSSR count). The molecule has 0 aliphatic heterocycles. The number of ether oxygens (including phenoxy) is 2. The van der Waals surface area contributed by atoms with Crippen LogP contribution in [0.5, 0.6) is 5.75 Å². The van der Waals surface area contributed by atoms with Crippen LogP contribution in [-0.4, -0.2) is 27.6 Å². The minimum Gasteiger partial charge on any atom is -0.490 e. The van der Waals surface area contributed by atoms with E-state index in [9.17, 15) is 13.2 Å². The van der Waals surface area contributed by atoms with E-state index in [1.807, 2.05) is 6.07 Å². The number of benzene rings is 2. The third-order valence-corrected chi connectivity index (χ3v) is 5.72. The van der Waals surface area contributed by atoms with Crippen molar-refractivity contribution in [3.8, 4) is 11.8 Å². The monoisotopic (exact) mass is 440 g/mol. The third kappa shape index (κ3) is 5.94. The molecule has 0 saturated carbocycles. The number of hydrogen-bond acceptors (Lipinski definition) is 7. The van der Waals surface area contributed by atoms with Crippen molar-refractivity contribution in [1.29, 1.82) is 5.26 Å². The van der Waals surface area contributed by atoms with Gasteiger partial charge in [0.25, 0.3) is 0 Å². The Morgan fingerprint density at radius 1 is 1.13 bits per heavy atom. The number of hydrogen-bond donors (Lipinski definition) is 1. The molecule has 31 heavy (non-hydrogen) atoms. The van der Waals surface area contributed by atoms with E-state index in [-0.39, 0.29) is 30.2 Å². The number of nitrogens with one attached hydrogen (secondary N) is 1. The maximum absolute atomic E-state index is 12.5. The first-order valence-corrected chi connectivity index (χ1v) is 10.8. The molecule has 9 heteroatoms. The lowest BCUT2D eigenvalue weighted by Crippen LogP contribution is -2.23. The van der Waals surface area contributed by atoms with Crippen molar-refractivity contribution in [2.75, 3.05) is 13.2 Å². The second-order valence-corrected chi connectivity index (χ2v) is 8.27. The lowest BCUT2D eigenvalue weighted by Gasteiger charge is -2.11. The minimum atomic E-state index is -3.84. The van der Waals surface area contributed by atoms with Crippen LogP contribution in [0.25, 0.3) is 0 Å². The molecule has 8 nitrogen and oxygen atoms in total. The first-order valence-electron chi connectivity index (χ1n) is 9.32. The number of nitrogens with zero attached hydrogens (tertiary/aromatic N) is 1. The molecular formula is C22H20N2O6S. The summed E-state index contributed by atoms with van der Waals surface area (Å²) in [7, 11) is -3.84. The fraction of sp³-hybridized carbons (Fsp3) is 0.182. The number of sulfonamides is 1. The van der Waals surface area contributed by atoms with E-state index in [1.54, 1.807) is 49.4 Å². The zero-order valence-electron chi connectivity index (χ0n) is 16.7. The van der Waals surface area contributed by atoms with Gasteiger partial charge in [-0.2, -0.15) is 5.26 Å². The van der Waals surface area contributed by atoms with Gasteiger partial charge in [0.05, 0.1) is 34.9 Å². The topological polar surface area (TPSA) is 119 Å². The molecule has 0 aliphatic carbocycles. The Labute approximate surface area is 180 Å². The van der Waals surface area contributed by atoms with Crippen molar-refractivity contribution in [3.05, 3.63) is 83.3 Å². The Kier molecular flexibility index (Phi) is 7.07. The summed E-state index contributed by atoms with van der Waals surface area (Å²) >= 11 is 0. The van der Waals surface area contributed by atoms with E-state index in [1.165, 1.54) is 18.4 Å². The van der Waals surface area contributed by atoms with E-state index >= 15 is 0 Å². The zero-order valence-corrected chi connectivity index (χ0v) is 17.5. The van der Waals surface area contributed by atoms with Gasteiger partial charge >= 0.3 is 5.97 Å². The summed E-state index contributed by atoms with van der Waals surface area (Å²) in [6.07, 6.45) is 1.45. The summed E-state index contributed by atoms with van der Waals surface area (Å²) in [5.74, 6) is 0.364. The lowest BCUT2D eigenvalue weighted by molar-refractivity contribution is 0.0449. The standard InChI is InChI=1S/C22H20N2O6S/c1-16-4-9-20(31(26,27)24-15-19-3-2-10-28-19)13-21(16)22(25)30-12-11-29-18-7-5-17(14-23)6-8-18/h2-10,13,24H,11-12,15H2,1H3. The minimum absolute atomic E-state index is 0.00429. The molecule has 0 atom stereocenters. The summed E-state index contributed by atoms with van der Waals surface area (Å²) in [5, 5.41) is 8.78. The molecule has 3 aromatic rings. The molecule has 2 aromatic carbocycles. The zero-order chi connectivity index (χ0) is 22.3. The second kappa shape index (κ2) is 9.93. The quantitative estimate of drug-likeness (QED) is 0.401. The molecule has 0 unspecified atom stereocenters. The van der Waals surface area contributed by atoms with Gasteiger partial charge in [-0.25, -0.2) is 17.9 Å². The molecule has 1 N–H and O–H groups in total. The first kappa shape index (κ1) is 22.1. The average Bonchev–Trinajstić information content (AvgIpc) is 3.29. The molecule has 160 valence electrons. The predicted octanol–water partition coefficient (Wildman–Crippen LogP) is 3.17. The summed E-state index contributed by atoms with van der Waals surface area (Å²) in [6.45, 7) is 1.78. The molecule has 0 spiro atoms. The lowest BCUT2D eigenvalue weighted by atomic mass is 10.1. The van der Waals surface area contributed by atoms with Crippen molar-refractivity contribution < 1.29 is 27.1 Å². The Balaban J connectivity index is 1.58. The largest absolute Gasteiger partial charge is 0.490 e. The SMILES string of the molecule is Cc1ccc(S(=O)(=O)NCc2ccco2)cc1C(=O)OCCOc1ccc(C#N)cc1. The molecule has 0 bridgehead atoms.